The Balaban J connectivity index is 1.89. The van der Waals surface area contributed by atoms with Crippen molar-refractivity contribution in [2.75, 3.05) is 0 Å². The van der Waals surface area contributed by atoms with E-state index in [0.717, 1.165) is 24.0 Å². The highest BCUT2D eigenvalue weighted by Crippen LogP contribution is 2.33. The Bertz CT molecular complexity index is 1050. The summed E-state index contributed by atoms with van der Waals surface area (Å²) in [4.78, 5) is 29.5. The molecule has 2 aromatic heterocycles. The van der Waals surface area contributed by atoms with E-state index in [1.807, 2.05) is 5.38 Å². The molecule has 1 aliphatic rings. The fourth-order valence-electron chi connectivity index (χ4n) is 3.77. The minimum atomic E-state index is -1.01. The van der Waals surface area contributed by atoms with Gasteiger partial charge >= 0.3 is 5.97 Å². The van der Waals surface area contributed by atoms with E-state index in [9.17, 15) is 14.7 Å². The molecule has 4 rings (SSSR count). The molecule has 0 spiro atoms. The molecule has 26 heavy (non-hydrogen) atoms. The molecule has 2 heterocycles. The highest BCUT2D eigenvalue weighted by Gasteiger charge is 2.22. The third-order valence-electron chi connectivity index (χ3n) is 5.19. The first-order chi connectivity index (χ1) is 12.6. The molecule has 0 saturated carbocycles. The second-order valence-corrected chi connectivity index (χ2v) is 7.60. The maximum absolute atomic E-state index is 13.0. The van der Waals surface area contributed by atoms with Gasteiger partial charge in [-0.25, -0.2) is 9.78 Å². The lowest BCUT2D eigenvalue weighted by Crippen LogP contribution is -2.29. The van der Waals surface area contributed by atoms with Crippen LogP contribution in [0.1, 0.15) is 43.4 Å². The van der Waals surface area contributed by atoms with Crippen molar-refractivity contribution in [2.45, 2.75) is 45.1 Å². The van der Waals surface area contributed by atoms with Crippen LogP contribution < -0.4 is 5.56 Å². The van der Waals surface area contributed by atoms with Crippen molar-refractivity contribution in [3.8, 4) is 11.1 Å². The van der Waals surface area contributed by atoms with Crippen LogP contribution >= 0.6 is 11.3 Å². The summed E-state index contributed by atoms with van der Waals surface area (Å²) in [6.07, 6.45) is 6.32. The van der Waals surface area contributed by atoms with Gasteiger partial charge in [0, 0.05) is 10.9 Å². The third kappa shape index (κ3) is 2.74. The van der Waals surface area contributed by atoms with Gasteiger partial charge in [-0.15, -0.1) is 11.3 Å². The zero-order valence-electron chi connectivity index (χ0n) is 14.6. The number of hydrogen-bond acceptors (Lipinski definition) is 4. The van der Waals surface area contributed by atoms with Crippen molar-refractivity contribution in [3.63, 3.8) is 0 Å². The van der Waals surface area contributed by atoms with E-state index in [0.29, 0.717) is 16.6 Å². The average molecular weight is 368 g/mol. The van der Waals surface area contributed by atoms with E-state index < -0.39 is 12.0 Å². The smallest absolute Gasteiger partial charge is 0.326 e. The number of aryl methyl sites for hydroxylation is 2. The van der Waals surface area contributed by atoms with Gasteiger partial charge in [-0.3, -0.25) is 9.36 Å². The van der Waals surface area contributed by atoms with E-state index in [1.165, 1.54) is 46.2 Å². The number of rotatable bonds is 4. The molecule has 1 aromatic carbocycles. The first-order valence-electron chi connectivity index (χ1n) is 8.93. The zero-order valence-corrected chi connectivity index (χ0v) is 15.4. The summed E-state index contributed by atoms with van der Waals surface area (Å²) in [5.74, 6) is -1.01. The van der Waals surface area contributed by atoms with Crippen molar-refractivity contribution < 1.29 is 9.90 Å². The molecule has 0 saturated heterocycles. The molecule has 0 fully saturated rings. The van der Waals surface area contributed by atoms with Crippen LogP contribution in [0.2, 0.25) is 0 Å². The summed E-state index contributed by atoms with van der Waals surface area (Å²) in [6.45, 7) is 1.76. The first kappa shape index (κ1) is 17.0. The van der Waals surface area contributed by atoms with Crippen LogP contribution in [0.15, 0.2) is 34.7 Å². The quantitative estimate of drug-likeness (QED) is 0.754. The molecule has 1 N–H and O–H groups in total. The lowest BCUT2D eigenvalue weighted by atomic mass is 9.89. The van der Waals surface area contributed by atoms with Gasteiger partial charge in [0.2, 0.25) is 0 Å². The molecule has 3 aromatic rings. The summed E-state index contributed by atoms with van der Waals surface area (Å²) in [5, 5.41) is 11.9. The minimum Gasteiger partial charge on any atom is -0.480 e. The third-order valence-corrected chi connectivity index (χ3v) is 6.07. The lowest BCUT2D eigenvalue weighted by molar-refractivity contribution is -0.141. The van der Waals surface area contributed by atoms with Crippen molar-refractivity contribution >= 4 is 27.5 Å². The van der Waals surface area contributed by atoms with E-state index in [1.54, 1.807) is 6.92 Å². The highest BCUT2D eigenvalue weighted by molar-refractivity contribution is 7.17. The molecule has 0 bridgehead atoms. The second-order valence-electron chi connectivity index (χ2n) is 6.74. The van der Waals surface area contributed by atoms with Crippen LogP contribution in [-0.4, -0.2) is 20.6 Å². The Morgan fingerprint density at radius 1 is 1.31 bits per heavy atom. The lowest BCUT2D eigenvalue weighted by Gasteiger charge is -2.16. The predicted molar refractivity (Wildman–Crippen MR) is 103 cm³/mol. The molecule has 1 atom stereocenters. The van der Waals surface area contributed by atoms with E-state index >= 15 is 0 Å². The van der Waals surface area contributed by atoms with Crippen molar-refractivity contribution in [2.24, 2.45) is 0 Å². The van der Waals surface area contributed by atoms with Gasteiger partial charge in [-0.2, -0.15) is 0 Å². The molecule has 5 nitrogen and oxygen atoms in total. The van der Waals surface area contributed by atoms with Crippen molar-refractivity contribution in [3.05, 3.63) is 51.4 Å². The number of fused-ring (bicyclic) bond motifs is 2. The van der Waals surface area contributed by atoms with Crippen molar-refractivity contribution in [1.82, 2.24) is 9.55 Å². The Morgan fingerprint density at radius 2 is 2.08 bits per heavy atom. The standard InChI is InChI=1S/C20H20N2O3S/c1-2-16(20(24)25)22-11-21-18-17(19(22)23)15(10-26-18)14-8-7-12-5-3-4-6-13(12)9-14/h7-11,16H,2-6H2,1H3,(H,24,25)/t16-/m0/s1. The molecular formula is C20H20N2O3S. The Hall–Kier alpha value is -2.47. The maximum Gasteiger partial charge on any atom is 0.326 e. The number of aromatic nitrogens is 2. The van der Waals surface area contributed by atoms with Crippen LogP contribution in [0.5, 0.6) is 0 Å². The van der Waals surface area contributed by atoms with E-state index in [2.05, 4.69) is 23.2 Å². The number of carbonyl (C=O) groups is 1. The topological polar surface area (TPSA) is 72.2 Å². The van der Waals surface area contributed by atoms with Crippen LogP contribution in [0, 0.1) is 0 Å². The largest absolute Gasteiger partial charge is 0.480 e. The van der Waals surface area contributed by atoms with Crippen molar-refractivity contribution in [1.29, 1.82) is 0 Å². The van der Waals surface area contributed by atoms with Gasteiger partial charge in [-0.1, -0.05) is 25.1 Å². The average Bonchev–Trinajstić information content (AvgIpc) is 3.08. The number of carboxylic acids is 1. The zero-order chi connectivity index (χ0) is 18.3. The number of hydrogen-bond donors (Lipinski definition) is 1. The molecule has 6 heteroatoms. The number of nitrogens with zero attached hydrogens (tertiary/aromatic N) is 2. The number of aliphatic carboxylic acids is 1. The van der Waals surface area contributed by atoms with E-state index in [-0.39, 0.29) is 5.56 Å². The molecule has 0 radical (unpaired) electrons. The predicted octanol–water partition coefficient (Wildman–Crippen LogP) is 4.04. The number of carboxylic acid groups (broad SMARTS) is 1. The monoisotopic (exact) mass is 368 g/mol. The Morgan fingerprint density at radius 3 is 2.81 bits per heavy atom. The summed E-state index contributed by atoms with van der Waals surface area (Å²) < 4.78 is 1.25. The van der Waals surface area contributed by atoms with Gasteiger partial charge in [0.25, 0.3) is 5.56 Å². The van der Waals surface area contributed by atoms with Gasteiger partial charge in [-0.05, 0) is 48.8 Å². The first-order valence-corrected chi connectivity index (χ1v) is 9.81. The molecule has 1 aliphatic carbocycles. The number of benzene rings is 1. The molecular weight excluding hydrogens is 348 g/mol. The highest BCUT2D eigenvalue weighted by atomic mass is 32.1. The molecule has 0 aliphatic heterocycles. The molecule has 134 valence electrons. The summed E-state index contributed by atoms with van der Waals surface area (Å²) in [7, 11) is 0. The van der Waals surface area contributed by atoms with Gasteiger partial charge in [0.1, 0.15) is 10.9 Å². The SMILES string of the molecule is CC[C@@H](C(=O)O)n1cnc2scc(-c3ccc4c(c3)CCCC4)c2c1=O. The van der Waals surface area contributed by atoms with Crippen LogP contribution in [0.25, 0.3) is 21.3 Å². The van der Waals surface area contributed by atoms with Crippen LogP contribution in [0.3, 0.4) is 0 Å². The fourth-order valence-corrected chi connectivity index (χ4v) is 4.68. The fraction of sp³-hybridized carbons (Fsp3) is 0.350. The molecule has 0 amide bonds. The van der Waals surface area contributed by atoms with Gasteiger partial charge in [0.05, 0.1) is 11.7 Å². The molecule has 0 unspecified atom stereocenters. The summed E-state index contributed by atoms with van der Waals surface area (Å²) >= 11 is 1.42. The summed E-state index contributed by atoms with van der Waals surface area (Å²) in [5.41, 5.74) is 4.34. The summed E-state index contributed by atoms with van der Waals surface area (Å²) in [6, 6.07) is 5.52. The number of thiophene rings is 1. The van der Waals surface area contributed by atoms with Crippen LogP contribution in [-0.2, 0) is 17.6 Å². The van der Waals surface area contributed by atoms with Crippen LogP contribution in [0.4, 0.5) is 0 Å². The van der Waals surface area contributed by atoms with E-state index in [4.69, 9.17) is 0 Å². The Labute approximate surface area is 154 Å². The van der Waals surface area contributed by atoms with Gasteiger partial charge < -0.3 is 5.11 Å². The normalized spacial score (nSPS) is 15.0. The maximum atomic E-state index is 13.0. The Kier molecular flexibility index (Phi) is 4.36. The second kappa shape index (κ2) is 6.68. The van der Waals surface area contributed by atoms with Gasteiger partial charge in [0.15, 0.2) is 0 Å². The minimum absolute atomic E-state index is 0.279.